The molecule has 0 radical (unpaired) electrons. The lowest BCUT2D eigenvalue weighted by Gasteiger charge is -2.05. The lowest BCUT2D eigenvalue weighted by Crippen LogP contribution is -2.20. The molecule has 0 spiro atoms. The van der Waals surface area contributed by atoms with E-state index in [-0.39, 0.29) is 18.5 Å². The minimum Gasteiger partial charge on any atom is -0.484 e. The maximum Gasteiger partial charge on any atom is 0.322 e. The minimum absolute atomic E-state index is 0.0710. The fraction of sp³-hybridized carbons (Fsp3) is 0.250. The summed E-state index contributed by atoms with van der Waals surface area (Å²) in [6, 6.07) is 13.8. The van der Waals surface area contributed by atoms with Gasteiger partial charge in [-0.15, -0.1) is 5.10 Å². The number of aryl methyl sites for hydroxylation is 3. The van der Waals surface area contributed by atoms with E-state index < -0.39 is 0 Å². The Hall–Kier alpha value is -3.15. The van der Waals surface area contributed by atoms with Crippen molar-refractivity contribution in [2.45, 2.75) is 27.2 Å². The van der Waals surface area contributed by atoms with Crippen LogP contribution in [0.2, 0.25) is 0 Å². The molecule has 2 aromatic carbocycles. The zero-order valence-electron chi connectivity index (χ0n) is 15.1. The zero-order valence-corrected chi connectivity index (χ0v) is 15.1. The highest BCUT2D eigenvalue weighted by atomic mass is 16.5. The van der Waals surface area contributed by atoms with E-state index in [0.29, 0.717) is 18.1 Å². The second-order valence-corrected chi connectivity index (χ2v) is 6.25. The van der Waals surface area contributed by atoms with Crippen LogP contribution >= 0.6 is 0 Å². The van der Waals surface area contributed by atoms with Gasteiger partial charge < -0.3 is 9.15 Å². The summed E-state index contributed by atoms with van der Waals surface area (Å²) >= 11 is 0. The van der Waals surface area contributed by atoms with Gasteiger partial charge in [0, 0.05) is 0 Å². The summed E-state index contributed by atoms with van der Waals surface area (Å²) < 4.78 is 10.9. The summed E-state index contributed by atoms with van der Waals surface area (Å²) in [5.74, 6) is 0.733. The number of rotatable bonds is 6. The minimum atomic E-state index is -0.354. The third-order valence-corrected chi connectivity index (χ3v) is 4.00. The van der Waals surface area contributed by atoms with Crippen LogP contribution in [0.1, 0.15) is 28.1 Å². The number of hydrogen-bond acceptors (Lipinski definition) is 5. The lowest BCUT2D eigenvalue weighted by molar-refractivity contribution is -0.118. The monoisotopic (exact) mass is 351 g/mol. The van der Waals surface area contributed by atoms with E-state index in [1.165, 1.54) is 11.1 Å². The van der Waals surface area contributed by atoms with Gasteiger partial charge in [-0.2, -0.15) is 0 Å². The Bertz CT molecular complexity index is 918. The van der Waals surface area contributed by atoms with Crippen molar-refractivity contribution in [3.63, 3.8) is 0 Å². The van der Waals surface area contributed by atoms with Crippen molar-refractivity contribution in [3.05, 3.63) is 70.6 Å². The number of carbonyl (C=O) groups excluding carboxylic acids is 1. The molecule has 0 atom stereocenters. The van der Waals surface area contributed by atoms with Gasteiger partial charge in [-0.25, -0.2) is 0 Å². The van der Waals surface area contributed by atoms with Crippen LogP contribution in [-0.4, -0.2) is 22.7 Å². The van der Waals surface area contributed by atoms with Crippen LogP contribution in [0.5, 0.6) is 5.75 Å². The molecule has 3 aromatic rings. The van der Waals surface area contributed by atoms with Crippen LogP contribution in [0, 0.1) is 20.8 Å². The first kappa shape index (κ1) is 17.7. The molecule has 1 N–H and O–H groups in total. The summed E-state index contributed by atoms with van der Waals surface area (Å²) in [4.78, 5) is 12.0. The molecule has 1 amide bonds. The van der Waals surface area contributed by atoms with Gasteiger partial charge in [-0.05, 0) is 55.2 Å². The third-order valence-electron chi connectivity index (χ3n) is 4.00. The molecule has 0 aliphatic rings. The van der Waals surface area contributed by atoms with E-state index in [0.717, 1.165) is 11.1 Å². The molecular weight excluding hydrogens is 330 g/mol. The van der Waals surface area contributed by atoms with Crippen LogP contribution in [-0.2, 0) is 11.2 Å². The topological polar surface area (TPSA) is 77.2 Å². The van der Waals surface area contributed by atoms with Crippen molar-refractivity contribution in [1.82, 2.24) is 10.2 Å². The number of nitrogens with zero attached hydrogens (tertiary/aromatic N) is 2. The van der Waals surface area contributed by atoms with E-state index in [2.05, 4.69) is 41.5 Å². The Balaban J connectivity index is 1.54. The van der Waals surface area contributed by atoms with Gasteiger partial charge in [0.15, 0.2) is 6.61 Å². The molecule has 3 rings (SSSR count). The molecule has 0 aliphatic carbocycles. The maximum atomic E-state index is 12.0. The molecule has 0 saturated carbocycles. The molecule has 1 aromatic heterocycles. The van der Waals surface area contributed by atoms with E-state index in [4.69, 9.17) is 9.15 Å². The smallest absolute Gasteiger partial charge is 0.322 e. The van der Waals surface area contributed by atoms with E-state index in [1.54, 1.807) is 6.07 Å². The van der Waals surface area contributed by atoms with E-state index >= 15 is 0 Å². The number of amides is 1. The molecule has 0 unspecified atom stereocenters. The van der Waals surface area contributed by atoms with Crippen molar-refractivity contribution in [2.75, 3.05) is 11.9 Å². The first-order valence-electron chi connectivity index (χ1n) is 8.37. The Kier molecular flexibility index (Phi) is 5.31. The standard InChI is InChI=1S/C20H21N3O3/c1-13-5-4-6-17(9-13)25-12-18(24)21-20-23-22-19(26-20)11-16-8-7-14(2)15(3)10-16/h4-10H,11-12H2,1-3H3,(H,21,23,24). The first-order chi connectivity index (χ1) is 12.5. The SMILES string of the molecule is Cc1cccc(OCC(=O)Nc2nnc(Cc3ccc(C)c(C)c3)o2)c1. The van der Waals surface area contributed by atoms with Gasteiger partial charge in [0.05, 0.1) is 6.42 Å². The molecule has 26 heavy (non-hydrogen) atoms. The van der Waals surface area contributed by atoms with Crippen molar-refractivity contribution < 1.29 is 13.9 Å². The van der Waals surface area contributed by atoms with Gasteiger partial charge in [0.1, 0.15) is 5.75 Å². The molecule has 6 heteroatoms. The van der Waals surface area contributed by atoms with Crippen LogP contribution in [0.3, 0.4) is 0 Å². The number of carbonyl (C=O) groups is 1. The Morgan fingerprint density at radius 2 is 1.92 bits per heavy atom. The van der Waals surface area contributed by atoms with Gasteiger partial charge in [0.2, 0.25) is 5.89 Å². The van der Waals surface area contributed by atoms with Gasteiger partial charge in [-0.3, -0.25) is 10.1 Å². The number of hydrogen-bond donors (Lipinski definition) is 1. The number of benzene rings is 2. The third kappa shape index (κ3) is 4.69. The number of nitrogens with one attached hydrogen (secondary N) is 1. The molecule has 0 bridgehead atoms. The summed E-state index contributed by atoms with van der Waals surface area (Å²) in [6.45, 7) is 5.96. The number of anilines is 1. The average Bonchev–Trinajstić information content (AvgIpc) is 3.03. The number of aromatic nitrogens is 2. The van der Waals surface area contributed by atoms with Crippen LogP contribution < -0.4 is 10.1 Å². The Morgan fingerprint density at radius 3 is 2.69 bits per heavy atom. The molecule has 6 nitrogen and oxygen atoms in total. The molecule has 1 heterocycles. The number of ether oxygens (including phenoxy) is 1. The summed E-state index contributed by atoms with van der Waals surface area (Å²) in [5, 5.41) is 10.4. The van der Waals surface area contributed by atoms with Crippen molar-refractivity contribution >= 4 is 11.9 Å². The molecule has 0 aliphatic heterocycles. The van der Waals surface area contributed by atoms with E-state index in [9.17, 15) is 4.79 Å². The highest BCUT2D eigenvalue weighted by Gasteiger charge is 2.11. The Morgan fingerprint density at radius 1 is 1.08 bits per heavy atom. The summed E-state index contributed by atoms with van der Waals surface area (Å²) in [5.41, 5.74) is 4.60. The van der Waals surface area contributed by atoms with Crippen molar-refractivity contribution in [1.29, 1.82) is 0 Å². The average molecular weight is 351 g/mol. The lowest BCUT2D eigenvalue weighted by atomic mass is 10.0. The molecule has 134 valence electrons. The van der Waals surface area contributed by atoms with Gasteiger partial charge in [-0.1, -0.05) is 35.4 Å². The predicted molar refractivity (Wildman–Crippen MR) is 98.3 cm³/mol. The van der Waals surface area contributed by atoms with Crippen LogP contribution in [0.15, 0.2) is 46.9 Å². The van der Waals surface area contributed by atoms with Crippen LogP contribution in [0.25, 0.3) is 0 Å². The van der Waals surface area contributed by atoms with E-state index in [1.807, 2.05) is 31.2 Å². The van der Waals surface area contributed by atoms with Crippen molar-refractivity contribution in [3.8, 4) is 5.75 Å². The zero-order chi connectivity index (χ0) is 18.5. The second kappa shape index (κ2) is 7.82. The molecule has 0 fully saturated rings. The maximum absolute atomic E-state index is 12.0. The van der Waals surface area contributed by atoms with Crippen LogP contribution in [0.4, 0.5) is 6.01 Å². The second-order valence-electron chi connectivity index (χ2n) is 6.25. The van der Waals surface area contributed by atoms with Crippen molar-refractivity contribution in [2.24, 2.45) is 0 Å². The molecule has 0 saturated heterocycles. The Labute approximate surface area is 152 Å². The fourth-order valence-corrected chi connectivity index (χ4v) is 2.47. The predicted octanol–water partition coefficient (Wildman–Crippen LogP) is 3.60. The fourth-order valence-electron chi connectivity index (χ4n) is 2.47. The molecular formula is C20H21N3O3. The highest BCUT2D eigenvalue weighted by molar-refractivity contribution is 5.89. The summed E-state index contributed by atoms with van der Waals surface area (Å²) in [7, 11) is 0. The van der Waals surface area contributed by atoms with Gasteiger partial charge in [0.25, 0.3) is 5.91 Å². The largest absolute Gasteiger partial charge is 0.484 e. The summed E-state index contributed by atoms with van der Waals surface area (Å²) in [6.07, 6.45) is 0.518. The van der Waals surface area contributed by atoms with Gasteiger partial charge >= 0.3 is 6.01 Å². The first-order valence-corrected chi connectivity index (χ1v) is 8.37. The highest BCUT2D eigenvalue weighted by Crippen LogP contribution is 2.15. The quantitative estimate of drug-likeness (QED) is 0.734. The normalized spacial score (nSPS) is 10.6.